The number of hydrogen-bond donors (Lipinski definition) is 20. The molecule has 0 saturated carbocycles. The summed E-state index contributed by atoms with van der Waals surface area (Å²) in [5, 5.41) is 89.0. The van der Waals surface area contributed by atoms with E-state index in [0.29, 0.717) is 52.4 Å². The summed E-state index contributed by atoms with van der Waals surface area (Å²) in [4.78, 5) is 37.2. The van der Waals surface area contributed by atoms with E-state index in [1.54, 1.807) is 0 Å². The van der Waals surface area contributed by atoms with Gasteiger partial charge in [-0.2, -0.15) is 43.9 Å². The number of urea groups is 1. The molecular formula is C51H72N10O23S4. The maximum atomic E-state index is 13.4. The molecule has 88 heavy (non-hydrogen) atoms. The van der Waals surface area contributed by atoms with Crippen LogP contribution in [0.2, 0.25) is 0 Å². The molecule has 488 valence electrons. The molecule has 2 amide bonds. The minimum Gasteiger partial charge on any atom is -0.395 e. The third-order valence-corrected chi connectivity index (χ3v) is 14.4. The van der Waals surface area contributed by atoms with Crippen LogP contribution in [0.1, 0.15) is 43.0 Å². The standard InChI is InChI=1S/C35H28N6O15S4.4C4H11NO2/c1-17-11-23(57(45,46)47)5-9-27(17)38-40-31-29(59(51,52)53)15-19-13-21(3-7-25(19)33(31)42)36-35(44)37-22-4-8-26-20(14-22)16-30(60(54,55)56)32(34(26)43)41-39-28-10-6-24(12-18(28)2)58(48,49)50;4*6-3-1-5-2-4-7/h3-16,38-39H,1-2H3,(H2,36,37,44)(H,45,46,47)(H,48,49,50)(H,51,52,53)(H,54,55,56);4*5-7H,1-4H2/b40-31-,41-32-;;;;. The third-order valence-electron chi connectivity index (χ3n) is 11.0. The molecule has 0 radical (unpaired) electrons. The van der Waals surface area contributed by atoms with Crippen LogP contribution in [0.15, 0.2) is 103 Å². The van der Waals surface area contributed by atoms with Gasteiger partial charge >= 0.3 is 6.03 Å². The number of aliphatic hydroxyl groups excluding tert-OH is 8. The fraction of sp³-hybridized carbons (Fsp3) is 0.353. The SMILES string of the molecule is Cc1cc(S(=O)(=O)O)ccc1N/N=C1\C(=O)c2ccc(NC(=O)Nc3ccc4c(c3)C=C(S(=O)(=O)O)/C(=N/Nc3ccc(S(=O)(=O)O)cc3C)C4=O)cc2C=C1S(=O)(=O)O.OCCNCCO.OCCNCCO.OCCNCCO.OCCNCCO. The second-order valence-corrected chi connectivity index (χ2v) is 23.3. The maximum absolute atomic E-state index is 13.4. The summed E-state index contributed by atoms with van der Waals surface area (Å²) in [5.74, 6) is -1.91. The van der Waals surface area contributed by atoms with Gasteiger partial charge in [0.15, 0.2) is 11.4 Å². The first-order chi connectivity index (χ1) is 41.5. The summed E-state index contributed by atoms with van der Waals surface area (Å²) in [7, 11) is -19.2. The Hall–Kier alpha value is -6.93. The van der Waals surface area contributed by atoms with Crippen LogP contribution in [0.25, 0.3) is 12.2 Å². The van der Waals surface area contributed by atoms with Gasteiger partial charge < -0.3 is 72.8 Å². The van der Waals surface area contributed by atoms with Crippen molar-refractivity contribution < 1.29 is 107 Å². The van der Waals surface area contributed by atoms with Crippen molar-refractivity contribution in [1.29, 1.82) is 0 Å². The van der Waals surface area contributed by atoms with Crippen LogP contribution >= 0.6 is 0 Å². The highest BCUT2D eigenvalue weighted by molar-refractivity contribution is 7.91. The Balaban J connectivity index is 0.000000777. The number of rotatable bonds is 26. The van der Waals surface area contributed by atoms with Gasteiger partial charge in [-0.3, -0.25) is 38.7 Å². The lowest BCUT2D eigenvalue weighted by atomic mass is 9.94. The van der Waals surface area contributed by atoms with Crippen molar-refractivity contribution >= 4 is 104 Å². The van der Waals surface area contributed by atoms with Crippen molar-refractivity contribution in [3.05, 3.63) is 116 Å². The molecule has 0 atom stereocenters. The number of nitrogens with zero attached hydrogens (tertiary/aromatic N) is 2. The first-order valence-electron chi connectivity index (χ1n) is 25.9. The van der Waals surface area contributed by atoms with E-state index in [2.05, 4.69) is 53.0 Å². The highest BCUT2D eigenvalue weighted by Gasteiger charge is 2.35. The smallest absolute Gasteiger partial charge is 0.323 e. The zero-order valence-electron chi connectivity index (χ0n) is 47.3. The molecule has 33 nitrogen and oxygen atoms in total. The van der Waals surface area contributed by atoms with Gasteiger partial charge in [0, 0.05) is 74.9 Å². The van der Waals surface area contributed by atoms with Crippen LogP contribution in [0.5, 0.6) is 0 Å². The van der Waals surface area contributed by atoms with Gasteiger partial charge in [-0.25, -0.2) is 4.79 Å². The largest absolute Gasteiger partial charge is 0.395 e. The van der Waals surface area contributed by atoms with Crippen molar-refractivity contribution in [3.8, 4) is 0 Å². The van der Waals surface area contributed by atoms with E-state index in [1.807, 2.05) is 0 Å². The lowest BCUT2D eigenvalue weighted by Crippen LogP contribution is -2.27. The van der Waals surface area contributed by atoms with Crippen molar-refractivity contribution in [3.63, 3.8) is 0 Å². The summed E-state index contributed by atoms with van der Waals surface area (Å²) in [6.07, 6.45) is 1.86. The molecule has 2 aliphatic rings. The molecule has 37 heteroatoms. The highest BCUT2D eigenvalue weighted by atomic mass is 32.2. The lowest BCUT2D eigenvalue weighted by molar-refractivity contribution is 0.105. The van der Waals surface area contributed by atoms with Crippen molar-refractivity contribution in [2.45, 2.75) is 23.6 Å². The monoisotopic (exact) mass is 1320 g/mol. The third kappa shape index (κ3) is 26.4. The number of anilines is 4. The molecule has 2 aliphatic carbocycles. The van der Waals surface area contributed by atoms with Gasteiger partial charge in [0.1, 0.15) is 9.81 Å². The first-order valence-corrected chi connectivity index (χ1v) is 31.6. The van der Waals surface area contributed by atoms with E-state index in [4.69, 9.17) is 40.9 Å². The van der Waals surface area contributed by atoms with Gasteiger partial charge in [-0.15, -0.1) is 0 Å². The zero-order valence-corrected chi connectivity index (χ0v) is 50.5. The van der Waals surface area contributed by atoms with Gasteiger partial charge in [0.2, 0.25) is 11.6 Å². The number of allylic oxidation sites excluding steroid dienone is 2. The molecule has 0 spiro atoms. The highest BCUT2D eigenvalue weighted by Crippen LogP contribution is 2.31. The Kier molecular flexibility index (Phi) is 33.7. The predicted molar refractivity (Wildman–Crippen MR) is 326 cm³/mol. The number of aryl methyl sites for hydroxylation is 2. The number of hydrogen-bond acceptors (Lipinski definition) is 27. The lowest BCUT2D eigenvalue weighted by Gasteiger charge is -2.18. The quantitative estimate of drug-likeness (QED) is 0.0193. The molecule has 6 rings (SSSR count). The molecule has 20 N–H and O–H groups in total. The number of fused-ring (bicyclic) bond motifs is 2. The normalized spacial score (nSPS) is 13.8. The van der Waals surface area contributed by atoms with E-state index < -0.39 is 89.1 Å². The molecular weight excluding hydrogens is 1250 g/mol. The molecule has 0 saturated heterocycles. The number of carbonyl (C=O) groups is 3. The number of carbonyl (C=O) groups excluding carboxylic acids is 3. The second kappa shape index (κ2) is 38.5. The van der Waals surface area contributed by atoms with E-state index in [0.717, 1.165) is 36.4 Å². The van der Waals surface area contributed by atoms with Crippen molar-refractivity contribution in [2.24, 2.45) is 10.2 Å². The van der Waals surface area contributed by atoms with E-state index >= 15 is 0 Å². The Morgan fingerprint density at radius 2 is 0.693 bits per heavy atom. The first kappa shape index (κ1) is 77.2. The van der Waals surface area contributed by atoms with E-state index in [1.165, 1.54) is 62.4 Å². The zero-order chi connectivity index (χ0) is 66.3. The molecule has 4 aromatic rings. The number of hydrazone groups is 2. The van der Waals surface area contributed by atoms with Crippen LogP contribution in [-0.2, 0) is 40.5 Å². The molecule has 0 heterocycles. The van der Waals surface area contributed by atoms with E-state index in [-0.39, 0.29) is 109 Å². The number of Topliss-reactive ketones (excluding diaryl/α,β-unsaturated/α-hetero) is 2. The number of amides is 2. The average Bonchev–Trinajstić information content (AvgIpc) is 0.944. The Morgan fingerprint density at radius 3 is 0.932 bits per heavy atom. The van der Waals surface area contributed by atoms with Crippen LogP contribution < -0.4 is 42.8 Å². The maximum Gasteiger partial charge on any atom is 0.323 e. The fourth-order valence-corrected chi connectivity index (χ4v) is 9.39. The Morgan fingerprint density at radius 1 is 0.409 bits per heavy atom. The second-order valence-electron chi connectivity index (χ2n) is 17.6. The van der Waals surface area contributed by atoms with Gasteiger partial charge in [-0.1, -0.05) is 0 Å². The van der Waals surface area contributed by atoms with Gasteiger partial charge in [-0.05, 0) is 121 Å². The Labute approximate surface area is 507 Å². The minimum absolute atomic E-state index is 0.0240. The fourth-order valence-electron chi connectivity index (χ4n) is 6.94. The van der Waals surface area contributed by atoms with Gasteiger partial charge in [0.25, 0.3) is 40.5 Å². The van der Waals surface area contributed by atoms with Crippen LogP contribution in [0.4, 0.5) is 27.5 Å². The molecule has 0 unspecified atom stereocenters. The number of aliphatic hydroxyl groups is 8. The summed E-state index contributed by atoms with van der Waals surface area (Å²) < 4.78 is 134. The number of ketones is 2. The average molecular weight is 1320 g/mol. The topological polar surface area (TPSA) is 551 Å². The van der Waals surface area contributed by atoms with Crippen molar-refractivity contribution in [1.82, 2.24) is 21.3 Å². The minimum atomic E-state index is -5.08. The van der Waals surface area contributed by atoms with Crippen molar-refractivity contribution in [2.75, 3.05) is 127 Å². The van der Waals surface area contributed by atoms with Gasteiger partial charge in [0.05, 0.1) is 74.0 Å². The van der Waals surface area contributed by atoms with Crippen LogP contribution in [0, 0.1) is 13.8 Å². The summed E-state index contributed by atoms with van der Waals surface area (Å²) in [5.41, 5.74) is 3.96. The van der Waals surface area contributed by atoms with Crippen LogP contribution in [-0.4, -0.2) is 227 Å². The van der Waals surface area contributed by atoms with E-state index in [9.17, 15) is 66.3 Å². The van der Waals surface area contributed by atoms with Crippen LogP contribution in [0.3, 0.4) is 0 Å². The number of nitrogens with one attached hydrogen (secondary N) is 8. The molecule has 0 aliphatic heterocycles. The molecule has 0 fully saturated rings. The summed E-state index contributed by atoms with van der Waals surface area (Å²) >= 11 is 0. The summed E-state index contributed by atoms with van der Waals surface area (Å²) in [6.45, 7) is 8.56. The molecule has 0 bridgehead atoms. The Bertz CT molecular complexity index is 3320. The molecule has 4 aromatic carbocycles. The predicted octanol–water partition coefficient (Wildman–Crippen LogP) is -1.53. The summed E-state index contributed by atoms with van der Waals surface area (Å²) in [6, 6.07) is 13.2. The number of benzene rings is 4. The molecule has 0 aromatic heterocycles.